The van der Waals surface area contributed by atoms with Gasteiger partial charge in [-0.3, -0.25) is 19.1 Å². The number of rotatable bonds is 9. The Bertz CT molecular complexity index is 987. The number of H-pyrrole nitrogens is 1. The number of carbonyl (C=O) groups is 1. The van der Waals surface area contributed by atoms with Crippen molar-refractivity contribution in [2.24, 2.45) is 5.92 Å². The molecule has 1 aromatic carbocycles. The predicted molar refractivity (Wildman–Crippen MR) is 122 cm³/mol. The van der Waals surface area contributed by atoms with E-state index in [-0.39, 0.29) is 29.9 Å². The highest BCUT2D eigenvalue weighted by atomic mass is 16.2. The van der Waals surface area contributed by atoms with Crippen molar-refractivity contribution in [3.05, 3.63) is 50.2 Å². The fraction of sp³-hybridized carbons (Fsp3) is 0.500. The zero-order chi connectivity index (χ0) is 22.4. The molecule has 164 valence electrons. The normalized spacial score (nSPS) is 11.0. The first-order chi connectivity index (χ1) is 14.1. The number of aromatic amines is 1. The van der Waals surface area contributed by atoms with Crippen LogP contribution >= 0.6 is 0 Å². The smallest absolute Gasteiger partial charge is 0.330 e. The highest BCUT2D eigenvalue weighted by molar-refractivity contribution is 5.95. The molecule has 0 atom stereocenters. The number of nitrogens with zero attached hydrogens (tertiary/aromatic N) is 2. The maximum absolute atomic E-state index is 12.9. The Morgan fingerprint density at radius 1 is 1.23 bits per heavy atom. The molecule has 0 aliphatic rings. The minimum Gasteiger partial charge on any atom is -0.383 e. The highest BCUT2D eigenvalue weighted by Gasteiger charge is 2.22. The number of hydrogen-bond donors (Lipinski definition) is 3. The second-order valence-corrected chi connectivity index (χ2v) is 8.09. The molecule has 0 spiro atoms. The maximum atomic E-state index is 12.9. The second-order valence-electron chi connectivity index (χ2n) is 8.09. The molecule has 0 saturated carbocycles. The lowest BCUT2D eigenvalue weighted by Crippen LogP contribution is -2.43. The van der Waals surface area contributed by atoms with Crippen LogP contribution in [0.15, 0.2) is 27.8 Å². The van der Waals surface area contributed by atoms with Crippen LogP contribution in [0.25, 0.3) is 0 Å². The van der Waals surface area contributed by atoms with Crippen LogP contribution in [0.1, 0.15) is 44.7 Å². The molecule has 8 nitrogen and oxygen atoms in total. The van der Waals surface area contributed by atoms with Crippen molar-refractivity contribution < 1.29 is 4.79 Å². The van der Waals surface area contributed by atoms with Crippen LogP contribution in [-0.2, 0) is 11.3 Å². The minimum absolute atomic E-state index is 0.0504. The van der Waals surface area contributed by atoms with Crippen molar-refractivity contribution >= 4 is 23.1 Å². The Hall–Kier alpha value is -3.03. The number of carbonyl (C=O) groups excluding carboxylic acids is 1. The quantitative estimate of drug-likeness (QED) is 0.583. The molecule has 4 N–H and O–H groups in total. The molecule has 0 unspecified atom stereocenters. The third kappa shape index (κ3) is 5.52. The van der Waals surface area contributed by atoms with E-state index in [0.29, 0.717) is 13.1 Å². The van der Waals surface area contributed by atoms with Gasteiger partial charge >= 0.3 is 5.69 Å². The number of aryl methyl sites for hydroxylation is 2. The largest absolute Gasteiger partial charge is 0.383 e. The summed E-state index contributed by atoms with van der Waals surface area (Å²) in [6.45, 7) is 10.7. The number of para-hydroxylation sites is 1. The molecule has 0 aliphatic heterocycles. The summed E-state index contributed by atoms with van der Waals surface area (Å²) in [5, 5.41) is 2.95. The molecule has 0 bridgehead atoms. The Kier molecular flexibility index (Phi) is 7.86. The van der Waals surface area contributed by atoms with Crippen LogP contribution in [0, 0.1) is 19.8 Å². The van der Waals surface area contributed by atoms with Gasteiger partial charge in [-0.1, -0.05) is 45.4 Å². The molecule has 8 heteroatoms. The van der Waals surface area contributed by atoms with Crippen molar-refractivity contribution in [3.8, 4) is 0 Å². The van der Waals surface area contributed by atoms with Crippen LogP contribution in [0.2, 0.25) is 0 Å². The number of nitrogens with one attached hydrogen (secondary N) is 2. The molecular weight excluding hydrogens is 382 g/mol. The van der Waals surface area contributed by atoms with Gasteiger partial charge in [0.1, 0.15) is 11.5 Å². The van der Waals surface area contributed by atoms with E-state index in [9.17, 15) is 14.4 Å². The summed E-state index contributed by atoms with van der Waals surface area (Å²) < 4.78 is 1.37. The average Bonchev–Trinajstić information content (AvgIpc) is 2.64. The molecule has 0 radical (unpaired) electrons. The number of anilines is 3. The van der Waals surface area contributed by atoms with Gasteiger partial charge in [0.15, 0.2) is 0 Å². The summed E-state index contributed by atoms with van der Waals surface area (Å²) >= 11 is 0. The van der Waals surface area contributed by atoms with Crippen LogP contribution in [0.5, 0.6) is 0 Å². The van der Waals surface area contributed by atoms with Crippen LogP contribution in [-0.4, -0.2) is 28.5 Å². The molecule has 2 aromatic rings. The number of benzene rings is 1. The van der Waals surface area contributed by atoms with Gasteiger partial charge in [0.2, 0.25) is 5.91 Å². The van der Waals surface area contributed by atoms with Gasteiger partial charge in [0, 0.05) is 18.8 Å². The third-order valence-corrected chi connectivity index (χ3v) is 4.93. The van der Waals surface area contributed by atoms with Gasteiger partial charge < -0.3 is 16.0 Å². The lowest BCUT2D eigenvalue weighted by Gasteiger charge is -2.27. The van der Waals surface area contributed by atoms with Gasteiger partial charge in [0.25, 0.3) is 5.56 Å². The van der Waals surface area contributed by atoms with Crippen molar-refractivity contribution in [1.29, 1.82) is 0 Å². The SMILES string of the molecule is CCCCn1c(N)c(N(CC(=O)Nc2c(C)cccc2C)CC(C)C)c(=O)[nH]c1=O. The van der Waals surface area contributed by atoms with Gasteiger partial charge in [-0.2, -0.15) is 0 Å². The first-order valence-electron chi connectivity index (χ1n) is 10.4. The monoisotopic (exact) mass is 415 g/mol. The number of nitrogen functional groups attached to an aromatic ring is 1. The summed E-state index contributed by atoms with van der Waals surface area (Å²) in [4.78, 5) is 41.7. The summed E-state index contributed by atoms with van der Waals surface area (Å²) in [5.41, 5.74) is 8.00. The standard InChI is InChI=1S/C22H33N5O3/c1-6-7-11-27-20(23)19(21(29)25-22(27)30)26(12-14(2)3)13-17(28)24-18-15(4)9-8-10-16(18)5/h8-10,14H,6-7,11-13,23H2,1-5H3,(H,24,28)(H,25,29,30). The predicted octanol–water partition coefficient (Wildman–Crippen LogP) is 2.64. The number of hydrogen-bond acceptors (Lipinski definition) is 5. The van der Waals surface area contributed by atoms with E-state index in [1.807, 2.05) is 52.8 Å². The van der Waals surface area contributed by atoms with E-state index in [2.05, 4.69) is 10.3 Å². The fourth-order valence-corrected chi connectivity index (χ4v) is 3.46. The molecule has 0 fully saturated rings. The van der Waals surface area contributed by atoms with Crippen LogP contribution < -0.4 is 27.2 Å². The Morgan fingerprint density at radius 2 is 1.87 bits per heavy atom. The summed E-state index contributed by atoms with van der Waals surface area (Å²) in [6, 6.07) is 5.80. The Labute approximate surface area is 177 Å². The van der Waals surface area contributed by atoms with E-state index in [1.165, 1.54) is 4.57 Å². The van der Waals surface area contributed by atoms with E-state index in [4.69, 9.17) is 5.73 Å². The average molecular weight is 416 g/mol. The molecule has 0 saturated heterocycles. The molecule has 1 aromatic heterocycles. The van der Waals surface area contributed by atoms with E-state index in [1.54, 1.807) is 4.90 Å². The van der Waals surface area contributed by atoms with Gasteiger partial charge in [-0.25, -0.2) is 4.79 Å². The van der Waals surface area contributed by atoms with E-state index >= 15 is 0 Å². The summed E-state index contributed by atoms with van der Waals surface area (Å²) in [6.07, 6.45) is 1.64. The Balaban J connectivity index is 2.39. The third-order valence-electron chi connectivity index (χ3n) is 4.93. The Morgan fingerprint density at radius 3 is 2.43 bits per heavy atom. The van der Waals surface area contributed by atoms with Crippen molar-refractivity contribution in [2.45, 2.75) is 54.0 Å². The molecule has 1 amide bonds. The fourth-order valence-electron chi connectivity index (χ4n) is 3.46. The van der Waals surface area contributed by atoms with Crippen LogP contribution in [0.3, 0.4) is 0 Å². The number of nitrogens with two attached hydrogens (primary N) is 1. The van der Waals surface area contributed by atoms with Crippen molar-refractivity contribution in [2.75, 3.05) is 29.0 Å². The second kappa shape index (κ2) is 10.1. The number of amides is 1. The highest BCUT2D eigenvalue weighted by Crippen LogP contribution is 2.21. The molecular formula is C22H33N5O3. The van der Waals surface area contributed by atoms with E-state index < -0.39 is 11.2 Å². The lowest BCUT2D eigenvalue weighted by atomic mass is 10.1. The molecule has 0 aliphatic carbocycles. The zero-order valence-electron chi connectivity index (χ0n) is 18.5. The van der Waals surface area contributed by atoms with Gasteiger partial charge in [-0.15, -0.1) is 0 Å². The zero-order valence-corrected chi connectivity index (χ0v) is 18.5. The topological polar surface area (TPSA) is 113 Å². The van der Waals surface area contributed by atoms with Gasteiger partial charge in [0.05, 0.1) is 6.54 Å². The number of unbranched alkanes of at least 4 members (excludes halogenated alkanes) is 1. The molecule has 1 heterocycles. The molecule has 2 rings (SSSR count). The van der Waals surface area contributed by atoms with Gasteiger partial charge in [-0.05, 0) is 37.3 Å². The maximum Gasteiger partial charge on any atom is 0.330 e. The number of aromatic nitrogens is 2. The minimum atomic E-state index is -0.578. The van der Waals surface area contributed by atoms with Crippen molar-refractivity contribution in [3.63, 3.8) is 0 Å². The summed E-state index contributed by atoms with van der Waals surface area (Å²) in [7, 11) is 0. The first kappa shape index (κ1) is 23.3. The molecule has 30 heavy (non-hydrogen) atoms. The van der Waals surface area contributed by atoms with Crippen LogP contribution in [0.4, 0.5) is 17.2 Å². The lowest BCUT2D eigenvalue weighted by molar-refractivity contribution is -0.115. The summed E-state index contributed by atoms with van der Waals surface area (Å²) in [5.74, 6) is 0.0173. The van der Waals surface area contributed by atoms with Crippen molar-refractivity contribution in [1.82, 2.24) is 9.55 Å². The first-order valence-corrected chi connectivity index (χ1v) is 10.4. The van der Waals surface area contributed by atoms with E-state index in [0.717, 1.165) is 29.7 Å².